The van der Waals surface area contributed by atoms with Gasteiger partial charge in [-0.1, -0.05) is 31.5 Å². The second kappa shape index (κ2) is 6.54. The number of carbonyl (C=O) groups is 1. The third-order valence-corrected chi connectivity index (χ3v) is 4.80. The average molecular weight is 270 g/mol. The highest BCUT2D eigenvalue weighted by Gasteiger charge is 2.20. The molecule has 1 aromatic rings. The van der Waals surface area contributed by atoms with Crippen LogP contribution >= 0.6 is 0 Å². The van der Waals surface area contributed by atoms with Crippen LogP contribution < -0.4 is 0 Å². The Morgan fingerprint density at radius 2 is 1.89 bits per heavy atom. The van der Waals surface area contributed by atoms with Crippen LogP contribution in [-0.4, -0.2) is 25.2 Å². The SMILES string of the molecule is CC[C@H](CCC(=O)O)CS(=O)(=O)c1ccccc1. The van der Waals surface area contributed by atoms with Gasteiger partial charge >= 0.3 is 5.97 Å². The molecule has 0 heterocycles. The number of hydrogen-bond acceptors (Lipinski definition) is 3. The number of benzene rings is 1. The minimum atomic E-state index is -3.31. The van der Waals surface area contributed by atoms with Gasteiger partial charge < -0.3 is 5.11 Å². The molecule has 0 aromatic heterocycles. The molecule has 4 nitrogen and oxygen atoms in total. The Bertz CT molecular complexity index is 479. The van der Waals surface area contributed by atoms with Gasteiger partial charge in [-0.3, -0.25) is 4.79 Å². The fourth-order valence-corrected chi connectivity index (χ4v) is 3.55. The van der Waals surface area contributed by atoms with Crippen LogP contribution in [-0.2, 0) is 14.6 Å². The fourth-order valence-electron chi connectivity index (χ4n) is 1.77. The van der Waals surface area contributed by atoms with Gasteiger partial charge in [-0.2, -0.15) is 0 Å². The molecule has 0 radical (unpaired) electrons. The summed E-state index contributed by atoms with van der Waals surface area (Å²) in [6.45, 7) is 1.88. The third kappa shape index (κ3) is 4.49. The molecule has 0 aliphatic rings. The Morgan fingerprint density at radius 3 is 2.39 bits per heavy atom. The van der Waals surface area contributed by atoms with Crippen molar-refractivity contribution in [3.63, 3.8) is 0 Å². The molecule has 5 heteroatoms. The largest absolute Gasteiger partial charge is 0.481 e. The van der Waals surface area contributed by atoms with E-state index in [4.69, 9.17) is 5.11 Å². The Morgan fingerprint density at radius 1 is 1.28 bits per heavy atom. The van der Waals surface area contributed by atoms with E-state index in [1.165, 1.54) is 0 Å². The molecule has 1 rings (SSSR count). The van der Waals surface area contributed by atoms with E-state index in [1.807, 2.05) is 6.92 Å². The van der Waals surface area contributed by atoms with Crippen LogP contribution in [0.4, 0.5) is 0 Å². The van der Waals surface area contributed by atoms with Crippen LogP contribution in [0, 0.1) is 5.92 Å². The first-order valence-corrected chi connectivity index (χ1v) is 7.60. The Kier molecular flexibility index (Phi) is 5.34. The zero-order valence-electron chi connectivity index (χ0n) is 10.4. The monoisotopic (exact) mass is 270 g/mol. The molecule has 100 valence electrons. The molecule has 0 aliphatic carbocycles. The minimum Gasteiger partial charge on any atom is -0.481 e. The lowest BCUT2D eigenvalue weighted by Gasteiger charge is -2.13. The summed E-state index contributed by atoms with van der Waals surface area (Å²) in [5.74, 6) is -0.974. The average Bonchev–Trinajstić information content (AvgIpc) is 2.35. The third-order valence-electron chi connectivity index (χ3n) is 2.90. The predicted octanol–water partition coefficient (Wildman–Crippen LogP) is 2.35. The van der Waals surface area contributed by atoms with Gasteiger partial charge in [0.25, 0.3) is 0 Å². The van der Waals surface area contributed by atoms with Crippen molar-refractivity contribution in [2.45, 2.75) is 31.1 Å². The lowest BCUT2D eigenvalue weighted by molar-refractivity contribution is -0.137. The van der Waals surface area contributed by atoms with Gasteiger partial charge in [-0.15, -0.1) is 0 Å². The van der Waals surface area contributed by atoms with E-state index in [0.29, 0.717) is 17.7 Å². The number of carboxylic acids is 1. The smallest absolute Gasteiger partial charge is 0.303 e. The summed E-state index contributed by atoms with van der Waals surface area (Å²) in [5.41, 5.74) is 0. The quantitative estimate of drug-likeness (QED) is 0.825. The van der Waals surface area contributed by atoms with Crippen LogP contribution in [0.2, 0.25) is 0 Å². The molecule has 0 spiro atoms. The second-order valence-corrected chi connectivity index (χ2v) is 6.34. The summed E-state index contributed by atoms with van der Waals surface area (Å²) in [6, 6.07) is 8.27. The van der Waals surface area contributed by atoms with Crippen LogP contribution in [0.3, 0.4) is 0 Å². The molecule has 0 bridgehead atoms. The van der Waals surface area contributed by atoms with Crippen molar-refractivity contribution >= 4 is 15.8 Å². The van der Waals surface area contributed by atoms with Gasteiger partial charge in [0.1, 0.15) is 0 Å². The molecule has 0 aliphatic heterocycles. The first kappa shape index (κ1) is 14.7. The van der Waals surface area contributed by atoms with E-state index >= 15 is 0 Å². The second-order valence-electron chi connectivity index (χ2n) is 4.30. The number of hydrogen-bond donors (Lipinski definition) is 1. The van der Waals surface area contributed by atoms with E-state index in [2.05, 4.69) is 0 Å². The highest BCUT2D eigenvalue weighted by molar-refractivity contribution is 7.91. The van der Waals surface area contributed by atoms with Crippen molar-refractivity contribution in [1.82, 2.24) is 0 Å². The fraction of sp³-hybridized carbons (Fsp3) is 0.462. The molecule has 1 N–H and O–H groups in total. The predicted molar refractivity (Wildman–Crippen MR) is 69.1 cm³/mol. The summed E-state index contributed by atoms with van der Waals surface area (Å²) in [4.78, 5) is 10.8. The molecule has 1 aromatic carbocycles. The van der Waals surface area contributed by atoms with Crippen LogP contribution in [0.15, 0.2) is 35.2 Å². The Hall–Kier alpha value is -1.36. The maximum Gasteiger partial charge on any atom is 0.303 e. The molecule has 1 atom stereocenters. The van der Waals surface area contributed by atoms with E-state index in [-0.39, 0.29) is 18.1 Å². The summed E-state index contributed by atoms with van der Waals surface area (Å²) >= 11 is 0. The first-order valence-electron chi connectivity index (χ1n) is 5.95. The lowest BCUT2D eigenvalue weighted by Crippen LogP contribution is -2.17. The highest BCUT2D eigenvalue weighted by Crippen LogP contribution is 2.19. The van der Waals surface area contributed by atoms with Crippen molar-refractivity contribution < 1.29 is 18.3 Å². The van der Waals surface area contributed by atoms with E-state index < -0.39 is 15.8 Å². The molecule has 18 heavy (non-hydrogen) atoms. The number of aliphatic carboxylic acids is 1. The molecular weight excluding hydrogens is 252 g/mol. The molecule has 0 fully saturated rings. The Balaban J connectivity index is 2.72. The molecule has 0 saturated heterocycles. The van der Waals surface area contributed by atoms with Crippen molar-refractivity contribution in [2.24, 2.45) is 5.92 Å². The van der Waals surface area contributed by atoms with Gasteiger partial charge in [0.05, 0.1) is 10.6 Å². The zero-order chi connectivity index (χ0) is 13.6. The molecule has 0 saturated carbocycles. The molecule has 0 unspecified atom stereocenters. The lowest BCUT2D eigenvalue weighted by atomic mass is 10.0. The van der Waals surface area contributed by atoms with Gasteiger partial charge in [0, 0.05) is 6.42 Å². The summed E-state index contributed by atoms with van der Waals surface area (Å²) in [6.07, 6.45) is 1.08. The van der Waals surface area contributed by atoms with E-state index in [0.717, 1.165) is 0 Å². The Labute approximate surface area is 108 Å². The maximum absolute atomic E-state index is 12.1. The summed E-state index contributed by atoms with van der Waals surface area (Å²) in [5, 5.41) is 8.62. The number of sulfone groups is 1. The minimum absolute atomic E-state index is 0.0147. The van der Waals surface area contributed by atoms with Gasteiger partial charge in [0.15, 0.2) is 9.84 Å². The standard InChI is InChI=1S/C13H18O4S/c1-2-11(8-9-13(14)15)10-18(16,17)12-6-4-3-5-7-12/h3-7,11H,2,8-10H2,1H3,(H,14,15)/t11-/m1/s1. The van der Waals surface area contributed by atoms with Gasteiger partial charge in [-0.25, -0.2) is 8.42 Å². The normalized spacial score (nSPS) is 13.2. The van der Waals surface area contributed by atoms with Gasteiger partial charge in [-0.05, 0) is 24.5 Å². The van der Waals surface area contributed by atoms with Crippen LogP contribution in [0.5, 0.6) is 0 Å². The van der Waals surface area contributed by atoms with Crippen molar-refractivity contribution in [2.75, 3.05) is 5.75 Å². The first-order chi connectivity index (χ1) is 8.45. The van der Waals surface area contributed by atoms with Gasteiger partial charge in [0.2, 0.25) is 0 Å². The van der Waals surface area contributed by atoms with E-state index in [1.54, 1.807) is 30.3 Å². The van der Waals surface area contributed by atoms with Crippen molar-refractivity contribution in [3.8, 4) is 0 Å². The van der Waals surface area contributed by atoms with E-state index in [9.17, 15) is 13.2 Å². The zero-order valence-corrected chi connectivity index (χ0v) is 11.2. The highest BCUT2D eigenvalue weighted by atomic mass is 32.2. The molecule has 0 amide bonds. The molecular formula is C13H18O4S. The summed E-state index contributed by atoms with van der Waals surface area (Å²) in [7, 11) is -3.31. The summed E-state index contributed by atoms with van der Waals surface area (Å²) < 4.78 is 24.2. The van der Waals surface area contributed by atoms with Crippen LogP contribution in [0.1, 0.15) is 26.2 Å². The van der Waals surface area contributed by atoms with Crippen molar-refractivity contribution in [3.05, 3.63) is 30.3 Å². The van der Waals surface area contributed by atoms with Crippen LogP contribution in [0.25, 0.3) is 0 Å². The number of carboxylic acid groups (broad SMARTS) is 1. The topological polar surface area (TPSA) is 71.4 Å². The number of rotatable bonds is 7. The maximum atomic E-state index is 12.1. The van der Waals surface area contributed by atoms with Crippen molar-refractivity contribution in [1.29, 1.82) is 0 Å².